The average Bonchev–Trinajstić information content (AvgIpc) is 2.91. The first-order valence-corrected chi connectivity index (χ1v) is 7.55. The fourth-order valence-corrected chi connectivity index (χ4v) is 5.26. The summed E-state index contributed by atoms with van der Waals surface area (Å²) in [5.74, 6) is 0.917. The number of nitrogens with zero attached hydrogens (tertiary/aromatic N) is 1. The molecule has 0 aromatic heterocycles. The van der Waals surface area contributed by atoms with E-state index in [-0.39, 0.29) is 16.7 Å². The largest absolute Gasteiger partial charge is 0.378 e. The molecule has 4 heteroatoms. The van der Waals surface area contributed by atoms with E-state index in [1.54, 1.807) is 0 Å². The first-order valence-electron chi connectivity index (χ1n) is 7.55. The molecule has 4 nitrogen and oxygen atoms in total. The van der Waals surface area contributed by atoms with Crippen LogP contribution in [-0.2, 0) is 14.3 Å². The zero-order valence-electron chi connectivity index (χ0n) is 11.9. The number of hydrogen-bond donors (Lipinski definition) is 0. The van der Waals surface area contributed by atoms with E-state index >= 15 is 0 Å². The average molecular weight is 265 g/mol. The minimum absolute atomic E-state index is 0.0417. The van der Waals surface area contributed by atoms with Crippen LogP contribution in [-0.4, -0.2) is 49.3 Å². The summed E-state index contributed by atoms with van der Waals surface area (Å²) in [5, 5.41) is 0. The van der Waals surface area contributed by atoms with Gasteiger partial charge in [-0.1, -0.05) is 13.8 Å². The van der Waals surface area contributed by atoms with Crippen LogP contribution in [0.25, 0.3) is 0 Å². The Morgan fingerprint density at radius 2 is 2.00 bits per heavy atom. The van der Waals surface area contributed by atoms with Gasteiger partial charge in [0, 0.05) is 23.9 Å². The van der Waals surface area contributed by atoms with Crippen molar-refractivity contribution in [1.82, 2.24) is 4.90 Å². The lowest BCUT2D eigenvalue weighted by molar-refractivity contribution is -0.170. The van der Waals surface area contributed by atoms with Crippen molar-refractivity contribution in [2.24, 2.45) is 16.7 Å². The Bertz CT molecular complexity index is 433. The van der Waals surface area contributed by atoms with Crippen molar-refractivity contribution in [3.05, 3.63) is 0 Å². The first kappa shape index (κ1) is 12.2. The van der Waals surface area contributed by atoms with Crippen molar-refractivity contribution in [2.75, 3.05) is 32.9 Å². The van der Waals surface area contributed by atoms with E-state index in [1.165, 1.54) is 6.42 Å². The minimum atomic E-state index is -0.526. The Balaban J connectivity index is 1.69. The van der Waals surface area contributed by atoms with Crippen molar-refractivity contribution in [3.8, 4) is 0 Å². The van der Waals surface area contributed by atoms with Gasteiger partial charge in [-0.3, -0.25) is 4.79 Å². The number of morpholine rings is 1. The fraction of sp³-hybridized carbons (Fsp3) is 0.933. The monoisotopic (exact) mass is 265 g/mol. The van der Waals surface area contributed by atoms with E-state index in [1.807, 2.05) is 4.90 Å². The van der Waals surface area contributed by atoms with Gasteiger partial charge in [0.05, 0.1) is 19.8 Å². The van der Waals surface area contributed by atoms with Gasteiger partial charge in [-0.05, 0) is 25.2 Å². The SMILES string of the molecule is C[C@@]12CC[C@@H]3C[C@@]1(C(=O)N1CCOCC1)OC[C@@]32C. The number of carbonyl (C=O) groups excluding carboxylic acids is 1. The molecule has 0 N–H and O–H groups in total. The molecule has 2 aliphatic carbocycles. The quantitative estimate of drug-likeness (QED) is 0.720. The highest BCUT2D eigenvalue weighted by Gasteiger charge is 2.78. The van der Waals surface area contributed by atoms with Gasteiger partial charge in [-0.25, -0.2) is 0 Å². The first-order chi connectivity index (χ1) is 9.04. The zero-order valence-corrected chi connectivity index (χ0v) is 11.9. The molecule has 106 valence electrons. The highest BCUT2D eigenvalue weighted by molar-refractivity contribution is 5.88. The number of carbonyl (C=O) groups is 1. The smallest absolute Gasteiger partial charge is 0.255 e. The molecule has 0 radical (unpaired) electrons. The molecule has 2 saturated heterocycles. The van der Waals surface area contributed by atoms with Gasteiger partial charge in [0.2, 0.25) is 0 Å². The second-order valence-corrected chi connectivity index (χ2v) is 7.21. The number of ether oxygens (including phenoxy) is 2. The summed E-state index contributed by atoms with van der Waals surface area (Å²) in [6, 6.07) is 0. The van der Waals surface area contributed by atoms with Crippen LogP contribution in [0.4, 0.5) is 0 Å². The van der Waals surface area contributed by atoms with Crippen LogP contribution in [0.15, 0.2) is 0 Å². The third-order valence-corrected chi connectivity index (χ3v) is 6.84. The molecule has 19 heavy (non-hydrogen) atoms. The van der Waals surface area contributed by atoms with Gasteiger partial charge in [0.1, 0.15) is 0 Å². The van der Waals surface area contributed by atoms with Crippen LogP contribution in [0, 0.1) is 16.7 Å². The fourth-order valence-electron chi connectivity index (χ4n) is 5.26. The normalized spacial score (nSPS) is 51.9. The van der Waals surface area contributed by atoms with E-state index in [2.05, 4.69) is 13.8 Å². The van der Waals surface area contributed by atoms with Crippen molar-refractivity contribution < 1.29 is 14.3 Å². The predicted molar refractivity (Wildman–Crippen MR) is 69.6 cm³/mol. The molecule has 2 aliphatic heterocycles. The molecule has 2 saturated carbocycles. The molecule has 0 aromatic carbocycles. The van der Waals surface area contributed by atoms with Crippen molar-refractivity contribution in [1.29, 1.82) is 0 Å². The Morgan fingerprint density at radius 1 is 1.26 bits per heavy atom. The summed E-state index contributed by atoms with van der Waals surface area (Å²) in [7, 11) is 0. The molecule has 0 aromatic rings. The number of amides is 1. The van der Waals surface area contributed by atoms with Gasteiger partial charge in [0.25, 0.3) is 5.91 Å². The van der Waals surface area contributed by atoms with Gasteiger partial charge >= 0.3 is 0 Å². The third kappa shape index (κ3) is 1.17. The summed E-state index contributed by atoms with van der Waals surface area (Å²) in [6.45, 7) is 8.18. The molecule has 4 aliphatic rings. The van der Waals surface area contributed by atoms with E-state index in [9.17, 15) is 4.79 Å². The topological polar surface area (TPSA) is 38.8 Å². The summed E-state index contributed by atoms with van der Waals surface area (Å²) < 4.78 is 11.5. The maximum absolute atomic E-state index is 13.1. The van der Waals surface area contributed by atoms with Crippen LogP contribution in [0.1, 0.15) is 33.1 Å². The van der Waals surface area contributed by atoms with Crippen molar-refractivity contribution in [2.45, 2.75) is 38.7 Å². The van der Waals surface area contributed by atoms with Crippen molar-refractivity contribution in [3.63, 3.8) is 0 Å². The molecule has 1 amide bonds. The van der Waals surface area contributed by atoms with Crippen LogP contribution in [0.5, 0.6) is 0 Å². The zero-order chi connectivity index (χ0) is 13.3. The predicted octanol–water partition coefficient (Wildman–Crippen LogP) is 1.44. The summed E-state index contributed by atoms with van der Waals surface area (Å²) >= 11 is 0. The number of hydrogen-bond acceptors (Lipinski definition) is 3. The maximum atomic E-state index is 13.1. The second kappa shape index (κ2) is 3.53. The summed E-state index contributed by atoms with van der Waals surface area (Å²) in [4.78, 5) is 15.0. The minimum Gasteiger partial charge on any atom is -0.378 e. The summed E-state index contributed by atoms with van der Waals surface area (Å²) in [6.07, 6.45) is 3.36. The number of rotatable bonds is 1. The van der Waals surface area contributed by atoms with Gasteiger partial charge in [0.15, 0.2) is 5.60 Å². The maximum Gasteiger partial charge on any atom is 0.255 e. The second-order valence-electron chi connectivity index (χ2n) is 7.21. The Morgan fingerprint density at radius 3 is 2.63 bits per heavy atom. The van der Waals surface area contributed by atoms with Crippen LogP contribution in [0.2, 0.25) is 0 Å². The molecular formula is C15H23NO3. The molecule has 4 fully saturated rings. The van der Waals surface area contributed by atoms with Crippen molar-refractivity contribution >= 4 is 5.91 Å². The summed E-state index contributed by atoms with van der Waals surface area (Å²) in [5.41, 5.74) is -0.267. The van der Waals surface area contributed by atoms with E-state index in [0.29, 0.717) is 19.1 Å². The van der Waals surface area contributed by atoms with E-state index in [0.717, 1.165) is 32.5 Å². The Kier molecular flexibility index (Phi) is 2.26. The Labute approximate surface area is 114 Å². The highest BCUT2D eigenvalue weighted by atomic mass is 16.5. The van der Waals surface area contributed by atoms with Gasteiger partial charge < -0.3 is 14.4 Å². The van der Waals surface area contributed by atoms with Crippen LogP contribution in [0.3, 0.4) is 0 Å². The lowest BCUT2D eigenvalue weighted by Gasteiger charge is -2.43. The molecular weight excluding hydrogens is 242 g/mol. The van der Waals surface area contributed by atoms with Crippen LogP contribution >= 0.6 is 0 Å². The van der Waals surface area contributed by atoms with Crippen LogP contribution < -0.4 is 0 Å². The van der Waals surface area contributed by atoms with E-state index < -0.39 is 5.60 Å². The van der Waals surface area contributed by atoms with E-state index in [4.69, 9.17) is 9.47 Å². The highest BCUT2D eigenvalue weighted by Crippen LogP contribution is 2.75. The van der Waals surface area contributed by atoms with Gasteiger partial charge in [-0.15, -0.1) is 0 Å². The molecule has 2 heterocycles. The standard InChI is InChI=1S/C15H23NO3/c1-13-10-19-15(9-11(13)3-4-14(13,15)2)12(17)16-5-7-18-8-6-16/h11H,3-10H2,1-2H3/t11-,13+,14+,15+/m1/s1. The lowest BCUT2D eigenvalue weighted by Crippen LogP contribution is -2.58. The molecule has 4 rings (SSSR count). The third-order valence-electron chi connectivity index (χ3n) is 6.84. The molecule has 0 spiro atoms. The Hall–Kier alpha value is -0.610. The lowest BCUT2D eigenvalue weighted by atomic mass is 9.66. The molecule has 4 atom stereocenters. The van der Waals surface area contributed by atoms with Gasteiger partial charge in [-0.2, -0.15) is 0 Å². The molecule has 0 unspecified atom stereocenters. The molecule has 4 bridgehead atoms.